The minimum Gasteiger partial charge on any atom is -0.497 e. The van der Waals surface area contributed by atoms with E-state index in [-0.39, 0.29) is 18.9 Å². The van der Waals surface area contributed by atoms with Gasteiger partial charge in [0.15, 0.2) is 0 Å². The highest BCUT2D eigenvalue weighted by molar-refractivity contribution is 5.81. The molecule has 0 aliphatic carbocycles. The first-order chi connectivity index (χ1) is 8.11. The average Bonchev–Trinajstić information content (AvgIpc) is 2.34. The Balaban J connectivity index is 2.34. The molecular formula is C12H15NO4. The fourth-order valence-corrected chi connectivity index (χ4v) is 1.31. The summed E-state index contributed by atoms with van der Waals surface area (Å²) in [5, 5.41) is 10.7. The second-order valence-electron chi connectivity index (χ2n) is 3.52. The van der Waals surface area contributed by atoms with Crippen molar-refractivity contribution in [1.29, 1.82) is 0 Å². The van der Waals surface area contributed by atoms with Gasteiger partial charge in [0.25, 0.3) is 0 Å². The number of methoxy groups -OCH3 is 1. The molecule has 1 amide bonds. The zero-order valence-electron chi connectivity index (χ0n) is 9.60. The molecule has 5 nitrogen and oxygen atoms in total. The molecule has 0 aliphatic rings. The molecule has 0 unspecified atom stereocenters. The van der Waals surface area contributed by atoms with E-state index in [0.717, 1.165) is 11.3 Å². The quantitative estimate of drug-likeness (QED) is 0.768. The second-order valence-corrected chi connectivity index (χ2v) is 3.52. The monoisotopic (exact) mass is 237 g/mol. The van der Waals surface area contributed by atoms with E-state index in [1.807, 2.05) is 24.3 Å². The smallest absolute Gasteiger partial charge is 0.322 e. The van der Waals surface area contributed by atoms with Crippen molar-refractivity contribution in [2.75, 3.05) is 13.7 Å². The summed E-state index contributed by atoms with van der Waals surface area (Å²) in [6.45, 7) is -0.332. The van der Waals surface area contributed by atoms with Crippen LogP contribution >= 0.6 is 0 Å². The first-order valence-electron chi connectivity index (χ1n) is 5.23. The number of carbonyl (C=O) groups is 2. The standard InChI is InChI=1S/C12H15NO4/c1-17-10-5-2-9(3-6-10)4-7-11(14)13-8-12(15)16/h2-3,5-6H,4,7-8H2,1H3,(H,13,14)(H,15,16). The number of nitrogens with one attached hydrogen (secondary N) is 1. The number of carboxylic acid groups (broad SMARTS) is 1. The van der Waals surface area contributed by atoms with Gasteiger partial charge in [0.05, 0.1) is 7.11 Å². The van der Waals surface area contributed by atoms with Crippen LogP contribution in [-0.2, 0) is 16.0 Å². The fourth-order valence-electron chi connectivity index (χ4n) is 1.31. The molecule has 92 valence electrons. The van der Waals surface area contributed by atoms with E-state index in [0.29, 0.717) is 6.42 Å². The molecule has 0 heterocycles. The molecule has 0 spiro atoms. The van der Waals surface area contributed by atoms with Crippen molar-refractivity contribution in [3.8, 4) is 5.75 Å². The Labute approximate surface area is 99.4 Å². The van der Waals surface area contributed by atoms with Gasteiger partial charge in [-0.3, -0.25) is 9.59 Å². The van der Waals surface area contributed by atoms with E-state index in [4.69, 9.17) is 9.84 Å². The summed E-state index contributed by atoms with van der Waals surface area (Å²) in [5.74, 6) is -0.532. The molecule has 0 bridgehead atoms. The topological polar surface area (TPSA) is 75.6 Å². The first kappa shape index (κ1) is 13.0. The van der Waals surface area contributed by atoms with Crippen LogP contribution in [0.15, 0.2) is 24.3 Å². The molecule has 1 rings (SSSR count). The van der Waals surface area contributed by atoms with Gasteiger partial charge >= 0.3 is 5.97 Å². The third-order valence-corrected chi connectivity index (χ3v) is 2.24. The Bertz CT molecular complexity index is 386. The predicted octanol–water partition coefficient (Wildman–Crippen LogP) is 0.829. The van der Waals surface area contributed by atoms with Crippen LogP contribution in [0.2, 0.25) is 0 Å². The Kier molecular flexibility index (Phi) is 5.00. The predicted molar refractivity (Wildman–Crippen MR) is 62.0 cm³/mol. The highest BCUT2D eigenvalue weighted by atomic mass is 16.5. The summed E-state index contributed by atoms with van der Waals surface area (Å²) in [6, 6.07) is 7.40. The molecule has 0 aliphatic heterocycles. The number of aryl methyl sites for hydroxylation is 1. The number of hydrogen-bond donors (Lipinski definition) is 2. The molecule has 0 atom stereocenters. The van der Waals surface area contributed by atoms with Gasteiger partial charge < -0.3 is 15.2 Å². The highest BCUT2D eigenvalue weighted by Gasteiger charge is 2.04. The van der Waals surface area contributed by atoms with Crippen molar-refractivity contribution in [1.82, 2.24) is 5.32 Å². The number of aliphatic carboxylic acids is 1. The molecule has 2 N–H and O–H groups in total. The summed E-state index contributed by atoms with van der Waals surface area (Å²) >= 11 is 0. The number of benzene rings is 1. The Morgan fingerprint density at radius 3 is 2.47 bits per heavy atom. The zero-order chi connectivity index (χ0) is 12.7. The molecule has 17 heavy (non-hydrogen) atoms. The summed E-state index contributed by atoms with van der Waals surface area (Å²) in [5.41, 5.74) is 1.01. The van der Waals surface area contributed by atoms with Gasteiger partial charge in [-0.2, -0.15) is 0 Å². The molecule has 0 radical (unpaired) electrons. The Hall–Kier alpha value is -2.04. The largest absolute Gasteiger partial charge is 0.497 e. The van der Waals surface area contributed by atoms with E-state index in [2.05, 4.69) is 5.32 Å². The van der Waals surface area contributed by atoms with Crippen LogP contribution in [0.25, 0.3) is 0 Å². The summed E-state index contributed by atoms with van der Waals surface area (Å²) < 4.78 is 5.02. The number of carboxylic acids is 1. The van der Waals surface area contributed by atoms with Gasteiger partial charge in [-0.15, -0.1) is 0 Å². The molecule has 1 aromatic rings. The van der Waals surface area contributed by atoms with Crippen LogP contribution in [0.5, 0.6) is 5.75 Å². The lowest BCUT2D eigenvalue weighted by atomic mass is 10.1. The SMILES string of the molecule is COc1ccc(CCC(=O)NCC(=O)O)cc1. The lowest BCUT2D eigenvalue weighted by Crippen LogP contribution is -2.29. The summed E-state index contributed by atoms with van der Waals surface area (Å²) in [6.07, 6.45) is 0.856. The molecule has 0 fully saturated rings. The average molecular weight is 237 g/mol. The van der Waals surface area contributed by atoms with Crippen molar-refractivity contribution in [3.05, 3.63) is 29.8 Å². The highest BCUT2D eigenvalue weighted by Crippen LogP contribution is 2.12. The Morgan fingerprint density at radius 1 is 1.29 bits per heavy atom. The first-order valence-corrected chi connectivity index (χ1v) is 5.23. The molecule has 0 aromatic heterocycles. The molecule has 0 saturated heterocycles. The van der Waals surface area contributed by atoms with Crippen molar-refractivity contribution in [2.45, 2.75) is 12.8 Å². The molecular weight excluding hydrogens is 222 g/mol. The van der Waals surface area contributed by atoms with Gasteiger partial charge in [0, 0.05) is 6.42 Å². The third kappa shape index (κ3) is 5.01. The fraction of sp³-hybridized carbons (Fsp3) is 0.333. The molecule has 1 aromatic carbocycles. The maximum atomic E-state index is 11.2. The van der Waals surface area contributed by atoms with Crippen LogP contribution in [0.1, 0.15) is 12.0 Å². The number of amides is 1. The maximum Gasteiger partial charge on any atom is 0.322 e. The molecule has 5 heteroatoms. The van der Waals surface area contributed by atoms with Crippen LogP contribution in [0, 0.1) is 0 Å². The van der Waals surface area contributed by atoms with Gasteiger partial charge in [-0.05, 0) is 24.1 Å². The number of hydrogen-bond acceptors (Lipinski definition) is 3. The van der Waals surface area contributed by atoms with Crippen molar-refractivity contribution in [3.63, 3.8) is 0 Å². The van der Waals surface area contributed by atoms with E-state index in [1.165, 1.54) is 0 Å². The number of ether oxygens (including phenoxy) is 1. The van der Waals surface area contributed by atoms with Crippen LogP contribution in [0.3, 0.4) is 0 Å². The van der Waals surface area contributed by atoms with Crippen LogP contribution in [0.4, 0.5) is 0 Å². The van der Waals surface area contributed by atoms with E-state index >= 15 is 0 Å². The lowest BCUT2D eigenvalue weighted by molar-refractivity contribution is -0.137. The van der Waals surface area contributed by atoms with Gasteiger partial charge in [-0.25, -0.2) is 0 Å². The maximum absolute atomic E-state index is 11.2. The zero-order valence-corrected chi connectivity index (χ0v) is 9.60. The summed E-state index contributed by atoms with van der Waals surface area (Å²) in [4.78, 5) is 21.5. The lowest BCUT2D eigenvalue weighted by Gasteiger charge is -2.04. The van der Waals surface area contributed by atoms with Crippen molar-refractivity contribution in [2.24, 2.45) is 0 Å². The van der Waals surface area contributed by atoms with Crippen LogP contribution < -0.4 is 10.1 Å². The van der Waals surface area contributed by atoms with Gasteiger partial charge in [0.1, 0.15) is 12.3 Å². The Morgan fingerprint density at radius 2 is 1.94 bits per heavy atom. The summed E-state index contributed by atoms with van der Waals surface area (Å²) in [7, 11) is 1.59. The minimum absolute atomic E-state index is 0.261. The number of carbonyl (C=O) groups excluding carboxylic acids is 1. The third-order valence-electron chi connectivity index (χ3n) is 2.24. The van der Waals surface area contributed by atoms with E-state index in [1.54, 1.807) is 7.11 Å². The van der Waals surface area contributed by atoms with Gasteiger partial charge in [0.2, 0.25) is 5.91 Å². The van der Waals surface area contributed by atoms with Gasteiger partial charge in [-0.1, -0.05) is 12.1 Å². The minimum atomic E-state index is -1.04. The molecule has 0 saturated carbocycles. The van der Waals surface area contributed by atoms with E-state index in [9.17, 15) is 9.59 Å². The van der Waals surface area contributed by atoms with Crippen molar-refractivity contribution < 1.29 is 19.4 Å². The number of rotatable bonds is 6. The normalized spacial score (nSPS) is 9.71. The van der Waals surface area contributed by atoms with E-state index < -0.39 is 5.97 Å². The second kappa shape index (κ2) is 6.52. The van der Waals surface area contributed by atoms with Crippen LogP contribution in [-0.4, -0.2) is 30.6 Å². The van der Waals surface area contributed by atoms with Crippen molar-refractivity contribution >= 4 is 11.9 Å².